The maximum atomic E-state index is 5.83. The lowest BCUT2D eigenvalue weighted by Gasteiger charge is -2.46. The number of anilines is 1. The van der Waals surface area contributed by atoms with Crippen molar-refractivity contribution in [2.75, 3.05) is 31.6 Å². The van der Waals surface area contributed by atoms with Crippen molar-refractivity contribution < 1.29 is 0 Å². The van der Waals surface area contributed by atoms with Crippen LogP contribution in [0.1, 0.15) is 19.5 Å². The first-order valence-electron chi connectivity index (χ1n) is 7.56. The van der Waals surface area contributed by atoms with Crippen molar-refractivity contribution in [2.45, 2.75) is 25.9 Å². The van der Waals surface area contributed by atoms with Crippen LogP contribution in [-0.4, -0.2) is 42.1 Å². The predicted molar refractivity (Wildman–Crippen MR) is 88.6 cm³/mol. The Morgan fingerprint density at radius 2 is 2.00 bits per heavy atom. The molecule has 0 amide bonds. The van der Waals surface area contributed by atoms with E-state index in [2.05, 4.69) is 61.0 Å². The van der Waals surface area contributed by atoms with E-state index >= 15 is 0 Å². The molecule has 1 aromatic carbocycles. The number of benzene rings is 1. The van der Waals surface area contributed by atoms with Gasteiger partial charge in [0.2, 0.25) is 0 Å². The van der Waals surface area contributed by atoms with Gasteiger partial charge >= 0.3 is 0 Å². The fraction of sp³-hybridized carbons (Fsp3) is 0.471. The molecule has 0 radical (unpaired) electrons. The molecule has 1 aliphatic rings. The van der Waals surface area contributed by atoms with Crippen LogP contribution in [0.25, 0.3) is 10.8 Å². The van der Waals surface area contributed by atoms with Crippen LogP contribution in [0.5, 0.6) is 0 Å². The molecular formula is C17H24N4. The summed E-state index contributed by atoms with van der Waals surface area (Å²) in [6.07, 6.45) is 0. The highest BCUT2D eigenvalue weighted by Crippen LogP contribution is 2.29. The van der Waals surface area contributed by atoms with E-state index in [-0.39, 0.29) is 5.54 Å². The SMILES string of the molecule is CN1CCN(c2nc(CN)cc3ccccc23)CC1(C)C. The van der Waals surface area contributed by atoms with Crippen LogP contribution in [0.3, 0.4) is 0 Å². The topological polar surface area (TPSA) is 45.4 Å². The molecule has 4 heteroatoms. The Morgan fingerprint density at radius 1 is 1.24 bits per heavy atom. The second-order valence-electron chi connectivity index (χ2n) is 6.52. The summed E-state index contributed by atoms with van der Waals surface area (Å²) in [5, 5.41) is 2.44. The Kier molecular flexibility index (Phi) is 3.59. The van der Waals surface area contributed by atoms with E-state index in [4.69, 9.17) is 10.7 Å². The fourth-order valence-corrected chi connectivity index (χ4v) is 3.00. The minimum atomic E-state index is 0.153. The number of pyridine rings is 1. The van der Waals surface area contributed by atoms with E-state index < -0.39 is 0 Å². The second-order valence-corrected chi connectivity index (χ2v) is 6.52. The standard InChI is InChI=1S/C17H24N4/c1-17(2)12-21(9-8-20(17)3)16-15-7-5-4-6-13(15)10-14(11-18)19-16/h4-7,10H,8-9,11-12,18H2,1-3H3. The van der Waals surface area contributed by atoms with Crippen molar-refractivity contribution in [3.63, 3.8) is 0 Å². The Bertz CT molecular complexity index is 650. The summed E-state index contributed by atoms with van der Waals surface area (Å²) in [5.74, 6) is 1.08. The Labute approximate surface area is 126 Å². The molecule has 0 aliphatic carbocycles. The van der Waals surface area contributed by atoms with Crippen molar-refractivity contribution >= 4 is 16.6 Å². The maximum Gasteiger partial charge on any atom is 0.136 e. The molecule has 1 saturated heterocycles. The molecule has 0 bridgehead atoms. The largest absolute Gasteiger partial charge is 0.353 e. The van der Waals surface area contributed by atoms with Crippen molar-refractivity contribution in [2.24, 2.45) is 5.73 Å². The lowest BCUT2D eigenvalue weighted by atomic mass is 9.99. The number of aromatic nitrogens is 1. The van der Waals surface area contributed by atoms with Gasteiger partial charge in [-0.05, 0) is 32.3 Å². The Balaban J connectivity index is 2.07. The fourth-order valence-electron chi connectivity index (χ4n) is 3.00. The van der Waals surface area contributed by atoms with Gasteiger partial charge in [0.1, 0.15) is 5.82 Å². The van der Waals surface area contributed by atoms with Gasteiger partial charge in [-0.3, -0.25) is 4.90 Å². The van der Waals surface area contributed by atoms with Crippen molar-refractivity contribution in [1.82, 2.24) is 9.88 Å². The number of hydrogen-bond acceptors (Lipinski definition) is 4. The Morgan fingerprint density at radius 3 is 2.71 bits per heavy atom. The number of nitrogens with zero attached hydrogens (tertiary/aromatic N) is 3. The van der Waals surface area contributed by atoms with Crippen LogP contribution in [0.15, 0.2) is 30.3 Å². The van der Waals surface area contributed by atoms with Gasteiger partial charge in [0, 0.05) is 37.1 Å². The lowest BCUT2D eigenvalue weighted by Crippen LogP contribution is -2.58. The van der Waals surface area contributed by atoms with Gasteiger partial charge < -0.3 is 10.6 Å². The lowest BCUT2D eigenvalue weighted by molar-refractivity contribution is 0.138. The van der Waals surface area contributed by atoms with Gasteiger partial charge in [-0.2, -0.15) is 0 Å². The third kappa shape index (κ3) is 2.61. The quantitative estimate of drug-likeness (QED) is 0.918. The molecule has 1 aliphatic heterocycles. The summed E-state index contributed by atoms with van der Waals surface area (Å²) >= 11 is 0. The molecule has 112 valence electrons. The minimum absolute atomic E-state index is 0.153. The zero-order valence-corrected chi connectivity index (χ0v) is 13.1. The average molecular weight is 284 g/mol. The molecule has 0 unspecified atom stereocenters. The van der Waals surface area contributed by atoms with Crippen molar-refractivity contribution in [1.29, 1.82) is 0 Å². The summed E-state index contributed by atoms with van der Waals surface area (Å²) < 4.78 is 0. The number of piperazine rings is 1. The summed E-state index contributed by atoms with van der Waals surface area (Å²) in [6, 6.07) is 10.5. The van der Waals surface area contributed by atoms with Crippen LogP contribution < -0.4 is 10.6 Å². The summed E-state index contributed by atoms with van der Waals surface area (Å²) in [5.41, 5.74) is 6.94. The van der Waals surface area contributed by atoms with Gasteiger partial charge in [0.05, 0.1) is 5.69 Å². The predicted octanol–water partition coefficient (Wildman–Crippen LogP) is 2.22. The molecule has 2 N–H and O–H groups in total. The number of nitrogens with two attached hydrogens (primary N) is 1. The van der Waals surface area contributed by atoms with Crippen LogP contribution in [0.2, 0.25) is 0 Å². The van der Waals surface area contributed by atoms with Gasteiger partial charge in [0.25, 0.3) is 0 Å². The third-order valence-electron chi connectivity index (χ3n) is 4.60. The molecule has 21 heavy (non-hydrogen) atoms. The maximum absolute atomic E-state index is 5.83. The van der Waals surface area contributed by atoms with E-state index in [1.54, 1.807) is 0 Å². The van der Waals surface area contributed by atoms with Crippen LogP contribution in [0.4, 0.5) is 5.82 Å². The first-order valence-corrected chi connectivity index (χ1v) is 7.56. The van der Waals surface area contributed by atoms with Gasteiger partial charge in [-0.15, -0.1) is 0 Å². The van der Waals surface area contributed by atoms with Crippen LogP contribution in [-0.2, 0) is 6.54 Å². The van der Waals surface area contributed by atoms with E-state index in [0.717, 1.165) is 31.1 Å². The van der Waals surface area contributed by atoms with Gasteiger partial charge in [-0.1, -0.05) is 24.3 Å². The summed E-state index contributed by atoms with van der Waals surface area (Å²) in [4.78, 5) is 9.64. The van der Waals surface area contributed by atoms with Gasteiger partial charge in [0.15, 0.2) is 0 Å². The molecular weight excluding hydrogens is 260 g/mol. The van der Waals surface area contributed by atoms with E-state index in [1.165, 1.54) is 10.8 Å². The Hall–Kier alpha value is -1.65. The molecule has 2 aromatic rings. The second kappa shape index (κ2) is 5.28. The van der Waals surface area contributed by atoms with Crippen molar-refractivity contribution in [3.8, 4) is 0 Å². The van der Waals surface area contributed by atoms with Crippen LogP contribution >= 0.6 is 0 Å². The number of rotatable bonds is 2. The normalized spacial score (nSPS) is 19.1. The number of hydrogen-bond donors (Lipinski definition) is 1. The average Bonchev–Trinajstić information content (AvgIpc) is 2.48. The van der Waals surface area contributed by atoms with E-state index in [1.807, 2.05) is 0 Å². The highest BCUT2D eigenvalue weighted by atomic mass is 15.3. The molecule has 4 nitrogen and oxygen atoms in total. The van der Waals surface area contributed by atoms with Crippen LogP contribution in [0, 0.1) is 0 Å². The van der Waals surface area contributed by atoms with E-state index in [0.29, 0.717) is 6.54 Å². The molecule has 3 rings (SSSR count). The molecule has 1 aromatic heterocycles. The molecule has 2 heterocycles. The van der Waals surface area contributed by atoms with Gasteiger partial charge in [-0.25, -0.2) is 4.98 Å². The number of fused-ring (bicyclic) bond motifs is 1. The van der Waals surface area contributed by atoms with Crippen molar-refractivity contribution in [3.05, 3.63) is 36.0 Å². The smallest absolute Gasteiger partial charge is 0.136 e. The highest BCUT2D eigenvalue weighted by molar-refractivity contribution is 5.92. The molecule has 0 saturated carbocycles. The number of likely N-dealkylation sites (N-methyl/N-ethyl adjacent to an activating group) is 1. The monoisotopic (exact) mass is 284 g/mol. The zero-order valence-electron chi connectivity index (χ0n) is 13.1. The highest BCUT2D eigenvalue weighted by Gasteiger charge is 2.32. The van der Waals surface area contributed by atoms with E-state index in [9.17, 15) is 0 Å². The first-order chi connectivity index (χ1) is 10.0. The molecule has 0 spiro atoms. The first kappa shape index (κ1) is 14.3. The molecule has 1 fully saturated rings. The summed E-state index contributed by atoms with van der Waals surface area (Å²) in [7, 11) is 2.19. The third-order valence-corrected chi connectivity index (χ3v) is 4.60. The zero-order chi connectivity index (χ0) is 15.0. The summed E-state index contributed by atoms with van der Waals surface area (Å²) in [6.45, 7) is 8.09. The minimum Gasteiger partial charge on any atom is -0.353 e. The molecule has 0 atom stereocenters.